The normalized spacial score (nSPS) is 11.5. The summed E-state index contributed by atoms with van der Waals surface area (Å²) in [5, 5.41) is 0. The van der Waals surface area contributed by atoms with E-state index in [1.165, 1.54) is 0 Å². The van der Waals surface area contributed by atoms with Crippen LogP contribution in [0.2, 0.25) is 0 Å². The summed E-state index contributed by atoms with van der Waals surface area (Å²) in [6.45, 7) is 5.49. The van der Waals surface area contributed by atoms with E-state index in [2.05, 4.69) is 4.99 Å². The Balaban J connectivity index is 2.34. The van der Waals surface area contributed by atoms with Crippen LogP contribution in [0, 0.1) is 13.8 Å². The minimum absolute atomic E-state index is 0.142. The molecule has 1 aromatic heterocycles. The Labute approximate surface area is 125 Å². The second-order valence-corrected chi connectivity index (χ2v) is 5.27. The maximum absolute atomic E-state index is 12.1. The van der Waals surface area contributed by atoms with E-state index in [1.54, 1.807) is 26.0 Å². The van der Waals surface area contributed by atoms with Crippen molar-refractivity contribution in [3.05, 3.63) is 50.9 Å². The Kier molecular flexibility index (Phi) is 4.70. The van der Waals surface area contributed by atoms with Gasteiger partial charge >= 0.3 is 5.97 Å². The molecule has 0 aliphatic carbocycles. The van der Waals surface area contributed by atoms with Crippen molar-refractivity contribution in [3.8, 4) is 0 Å². The summed E-state index contributed by atoms with van der Waals surface area (Å²) in [6.07, 6.45) is 0. The van der Waals surface area contributed by atoms with Crippen LogP contribution < -0.4 is 4.87 Å². The van der Waals surface area contributed by atoms with Gasteiger partial charge in [0, 0.05) is 5.56 Å². The first-order valence-electron chi connectivity index (χ1n) is 6.45. The Morgan fingerprint density at radius 1 is 1.29 bits per heavy atom. The number of carbonyl (C=O) groups excluding carboxylic acids is 2. The molecule has 0 aliphatic rings. The first-order valence-corrected chi connectivity index (χ1v) is 7.27. The summed E-state index contributed by atoms with van der Waals surface area (Å²) < 4.78 is 10.3. The number of hydrogen-bond donors (Lipinski definition) is 0. The van der Waals surface area contributed by atoms with Gasteiger partial charge in [0.1, 0.15) is 5.76 Å². The highest BCUT2D eigenvalue weighted by Gasteiger charge is 2.16. The van der Waals surface area contributed by atoms with E-state index >= 15 is 0 Å². The molecule has 0 unspecified atom stereocenters. The second-order valence-electron chi connectivity index (χ2n) is 4.31. The van der Waals surface area contributed by atoms with E-state index in [-0.39, 0.29) is 11.5 Å². The maximum atomic E-state index is 12.1. The summed E-state index contributed by atoms with van der Waals surface area (Å²) in [5.74, 6) is -0.461. The summed E-state index contributed by atoms with van der Waals surface area (Å²) >= 11 is 1.01. The summed E-state index contributed by atoms with van der Waals surface area (Å²) in [7, 11) is 0. The van der Waals surface area contributed by atoms with Crippen LogP contribution in [0.1, 0.15) is 38.3 Å². The van der Waals surface area contributed by atoms with Crippen molar-refractivity contribution in [3.63, 3.8) is 0 Å². The smallest absolute Gasteiger partial charge is 0.351 e. The monoisotopic (exact) mass is 305 g/mol. The Morgan fingerprint density at radius 2 is 2.00 bits per heavy atom. The number of ether oxygens (including phenoxy) is 1. The molecule has 0 aliphatic heterocycles. The van der Waals surface area contributed by atoms with E-state index in [0.29, 0.717) is 16.2 Å². The molecule has 1 aromatic carbocycles. The molecule has 0 atom stereocenters. The summed E-state index contributed by atoms with van der Waals surface area (Å²) in [5.41, 5.74) is 1.35. The van der Waals surface area contributed by atoms with Crippen molar-refractivity contribution in [2.75, 3.05) is 6.61 Å². The van der Waals surface area contributed by atoms with E-state index < -0.39 is 11.9 Å². The van der Waals surface area contributed by atoms with Crippen LogP contribution in [0.5, 0.6) is 0 Å². The number of aryl methyl sites for hydroxylation is 2. The molecule has 0 fully saturated rings. The lowest BCUT2D eigenvalue weighted by molar-refractivity contribution is 0.0529. The maximum Gasteiger partial charge on any atom is 0.351 e. The first-order chi connectivity index (χ1) is 10.0. The molecular formula is C15H15NO4S. The first kappa shape index (κ1) is 15.2. The standard InChI is InChI=1S/C15H15NO4S/c1-4-19-14(18)12-10(3)20-15(21-12)16-13(17)11-8-6-5-7-9(11)2/h5-8H,4H2,1-3H3. The number of esters is 1. The van der Waals surface area contributed by atoms with Crippen LogP contribution in [-0.2, 0) is 4.74 Å². The zero-order valence-corrected chi connectivity index (χ0v) is 12.8. The van der Waals surface area contributed by atoms with Gasteiger partial charge in [-0.2, -0.15) is 4.99 Å². The highest BCUT2D eigenvalue weighted by atomic mass is 32.1. The lowest BCUT2D eigenvalue weighted by atomic mass is 10.1. The topological polar surface area (TPSA) is 68.9 Å². The van der Waals surface area contributed by atoms with Crippen LogP contribution >= 0.6 is 11.3 Å². The van der Waals surface area contributed by atoms with Gasteiger partial charge in [-0.15, -0.1) is 0 Å². The molecule has 0 saturated carbocycles. The van der Waals surface area contributed by atoms with Crippen LogP contribution in [0.4, 0.5) is 0 Å². The zero-order chi connectivity index (χ0) is 15.4. The quantitative estimate of drug-likeness (QED) is 0.818. The van der Waals surface area contributed by atoms with Gasteiger partial charge in [-0.05, 0) is 32.4 Å². The van der Waals surface area contributed by atoms with Crippen molar-refractivity contribution in [1.29, 1.82) is 0 Å². The second kappa shape index (κ2) is 6.49. The molecule has 0 spiro atoms. The highest BCUT2D eigenvalue weighted by molar-refractivity contribution is 7.11. The van der Waals surface area contributed by atoms with Crippen molar-refractivity contribution < 1.29 is 18.7 Å². The molecule has 0 bridgehead atoms. The lowest BCUT2D eigenvalue weighted by Gasteiger charge is -1.98. The fourth-order valence-electron chi connectivity index (χ4n) is 1.74. The van der Waals surface area contributed by atoms with Crippen molar-refractivity contribution in [2.24, 2.45) is 4.99 Å². The van der Waals surface area contributed by atoms with Gasteiger partial charge in [0.25, 0.3) is 10.8 Å². The molecule has 2 aromatic rings. The third kappa shape index (κ3) is 3.46. The molecule has 1 amide bonds. The van der Waals surface area contributed by atoms with Gasteiger partial charge < -0.3 is 9.15 Å². The zero-order valence-electron chi connectivity index (χ0n) is 12.0. The van der Waals surface area contributed by atoms with Gasteiger partial charge in [0.2, 0.25) is 0 Å². The number of benzene rings is 1. The Morgan fingerprint density at radius 3 is 2.67 bits per heavy atom. The summed E-state index contributed by atoms with van der Waals surface area (Å²) in [4.78, 5) is 28.2. The van der Waals surface area contributed by atoms with Crippen molar-refractivity contribution in [1.82, 2.24) is 0 Å². The molecular weight excluding hydrogens is 290 g/mol. The molecule has 2 rings (SSSR count). The fourth-order valence-corrected chi connectivity index (χ4v) is 2.54. The van der Waals surface area contributed by atoms with Crippen LogP contribution in [-0.4, -0.2) is 18.5 Å². The van der Waals surface area contributed by atoms with Crippen LogP contribution in [0.3, 0.4) is 0 Å². The molecule has 0 N–H and O–H groups in total. The Hall–Kier alpha value is -2.21. The number of carbonyl (C=O) groups is 2. The van der Waals surface area contributed by atoms with Gasteiger partial charge in [-0.25, -0.2) is 4.79 Å². The van der Waals surface area contributed by atoms with E-state index in [1.807, 2.05) is 19.1 Å². The third-order valence-corrected chi connectivity index (χ3v) is 3.79. The molecule has 1 heterocycles. The molecule has 0 radical (unpaired) electrons. The molecule has 110 valence electrons. The van der Waals surface area contributed by atoms with Crippen LogP contribution in [0.25, 0.3) is 0 Å². The largest absolute Gasteiger partial charge is 0.462 e. The van der Waals surface area contributed by atoms with Crippen LogP contribution in [0.15, 0.2) is 33.7 Å². The van der Waals surface area contributed by atoms with Crippen molar-refractivity contribution >= 4 is 23.2 Å². The van der Waals surface area contributed by atoms with E-state index in [0.717, 1.165) is 16.9 Å². The average molecular weight is 305 g/mol. The molecule has 5 nitrogen and oxygen atoms in total. The molecule has 6 heteroatoms. The van der Waals surface area contributed by atoms with Gasteiger partial charge in [-0.1, -0.05) is 29.5 Å². The highest BCUT2D eigenvalue weighted by Crippen LogP contribution is 2.13. The third-order valence-electron chi connectivity index (χ3n) is 2.78. The lowest BCUT2D eigenvalue weighted by Crippen LogP contribution is -2.04. The number of amides is 1. The number of rotatable bonds is 3. The number of nitrogens with zero attached hydrogens (tertiary/aromatic N) is 1. The number of hydrogen-bond acceptors (Lipinski definition) is 5. The SMILES string of the molecule is CCOC(=O)c1sc(=NC(=O)c2ccccc2C)oc1C. The van der Waals surface area contributed by atoms with E-state index in [4.69, 9.17) is 9.15 Å². The fraction of sp³-hybridized carbons (Fsp3) is 0.267. The van der Waals surface area contributed by atoms with Gasteiger partial charge in [-0.3, -0.25) is 4.79 Å². The van der Waals surface area contributed by atoms with Gasteiger partial charge in [0.05, 0.1) is 6.61 Å². The Bertz CT molecular complexity index is 742. The minimum atomic E-state index is -0.464. The molecule has 21 heavy (non-hydrogen) atoms. The van der Waals surface area contributed by atoms with E-state index in [9.17, 15) is 9.59 Å². The predicted octanol–water partition coefficient (Wildman–Crippen LogP) is 2.88. The summed E-state index contributed by atoms with van der Waals surface area (Å²) in [6, 6.07) is 7.17. The molecule has 0 saturated heterocycles. The van der Waals surface area contributed by atoms with Crippen molar-refractivity contribution in [2.45, 2.75) is 20.8 Å². The predicted molar refractivity (Wildman–Crippen MR) is 78.4 cm³/mol. The average Bonchev–Trinajstić information content (AvgIpc) is 2.80. The minimum Gasteiger partial charge on any atom is -0.462 e. The van der Waals surface area contributed by atoms with Gasteiger partial charge in [0.15, 0.2) is 4.88 Å².